The Labute approximate surface area is 96.2 Å². The molecule has 1 aromatic heterocycles. The zero-order valence-electron chi connectivity index (χ0n) is 9.83. The highest BCUT2D eigenvalue weighted by Crippen LogP contribution is 2.64. The van der Waals surface area contributed by atoms with Crippen LogP contribution in [0.2, 0.25) is 0 Å². The second-order valence-electron chi connectivity index (χ2n) is 6.26. The highest BCUT2D eigenvalue weighted by atomic mass is 16.3. The van der Waals surface area contributed by atoms with Crippen molar-refractivity contribution in [1.82, 2.24) is 0 Å². The highest BCUT2D eigenvalue weighted by Gasteiger charge is 2.66. The second-order valence-corrected chi connectivity index (χ2v) is 6.26. The molecule has 16 heavy (non-hydrogen) atoms. The highest BCUT2D eigenvalue weighted by molar-refractivity contribution is 5.36. The average molecular weight is 217 g/mol. The molecule has 2 nitrogen and oxygen atoms in total. The van der Waals surface area contributed by atoms with Gasteiger partial charge in [-0.25, -0.2) is 0 Å². The van der Waals surface area contributed by atoms with Gasteiger partial charge in [-0.05, 0) is 50.2 Å². The van der Waals surface area contributed by atoms with Crippen molar-refractivity contribution in [2.45, 2.75) is 55.9 Å². The first-order chi connectivity index (χ1) is 7.65. The maximum absolute atomic E-state index is 6.39. The summed E-state index contributed by atoms with van der Waals surface area (Å²) in [6.45, 7) is 2.30. The summed E-state index contributed by atoms with van der Waals surface area (Å²) in [5, 5.41) is 0. The lowest BCUT2D eigenvalue weighted by atomic mass is 9.92. The van der Waals surface area contributed by atoms with Crippen LogP contribution in [0.4, 0.5) is 0 Å². The van der Waals surface area contributed by atoms with Crippen LogP contribution in [-0.2, 0) is 5.41 Å². The summed E-state index contributed by atoms with van der Waals surface area (Å²) in [5.74, 6) is 3.90. The largest absolute Gasteiger partial charge is 0.465 e. The van der Waals surface area contributed by atoms with Gasteiger partial charge in [-0.3, -0.25) is 0 Å². The molecular formula is C14H19NO. The fraction of sp³-hybridized carbons (Fsp3) is 0.714. The van der Waals surface area contributed by atoms with E-state index in [0.29, 0.717) is 5.92 Å². The third kappa shape index (κ3) is 1.06. The van der Waals surface area contributed by atoms with Gasteiger partial charge in [0.2, 0.25) is 0 Å². The molecule has 2 N–H and O–H groups in total. The first-order valence-electron chi connectivity index (χ1n) is 6.54. The van der Waals surface area contributed by atoms with Gasteiger partial charge in [0.1, 0.15) is 11.5 Å². The minimum absolute atomic E-state index is 0.0806. The molecule has 3 aliphatic rings. The van der Waals surface area contributed by atoms with Crippen molar-refractivity contribution in [1.29, 1.82) is 0 Å². The Kier molecular flexibility index (Phi) is 1.48. The van der Waals surface area contributed by atoms with E-state index < -0.39 is 0 Å². The third-order valence-corrected chi connectivity index (χ3v) is 5.07. The van der Waals surface area contributed by atoms with E-state index in [1.165, 1.54) is 43.6 Å². The number of nitrogens with two attached hydrogens (primary N) is 1. The first kappa shape index (κ1) is 9.29. The van der Waals surface area contributed by atoms with E-state index in [1.807, 2.05) is 0 Å². The van der Waals surface area contributed by atoms with E-state index in [9.17, 15) is 0 Å². The molecule has 86 valence electrons. The van der Waals surface area contributed by atoms with Gasteiger partial charge in [0.15, 0.2) is 0 Å². The molecule has 2 heteroatoms. The zero-order valence-corrected chi connectivity index (χ0v) is 9.83. The van der Waals surface area contributed by atoms with Gasteiger partial charge in [-0.15, -0.1) is 0 Å². The molecule has 3 saturated carbocycles. The van der Waals surface area contributed by atoms with Crippen LogP contribution in [0.15, 0.2) is 16.5 Å². The molecule has 1 heterocycles. The van der Waals surface area contributed by atoms with Crippen LogP contribution in [0, 0.1) is 5.92 Å². The molecule has 3 aliphatic carbocycles. The smallest absolute Gasteiger partial charge is 0.112 e. The third-order valence-electron chi connectivity index (χ3n) is 5.07. The minimum Gasteiger partial charge on any atom is -0.465 e. The Morgan fingerprint density at radius 1 is 1.25 bits per heavy atom. The van der Waals surface area contributed by atoms with Crippen molar-refractivity contribution in [3.8, 4) is 0 Å². The van der Waals surface area contributed by atoms with Crippen LogP contribution in [0.3, 0.4) is 0 Å². The molecule has 3 fully saturated rings. The molecule has 0 saturated heterocycles. The lowest BCUT2D eigenvalue weighted by molar-refractivity contribution is 0.371. The quantitative estimate of drug-likeness (QED) is 0.845. The average Bonchev–Trinajstić information content (AvgIpc) is 3.17. The minimum atomic E-state index is 0.0806. The predicted octanol–water partition coefficient (Wildman–Crippen LogP) is 2.93. The summed E-state index contributed by atoms with van der Waals surface area (Å²) in [6.07, 6.45) is 6.13. The number of hydrogen-bond donors (Lipinski definition) is 1. The normalized spacial score (nSPS) is 37.1. The second kappa shape index (κ2) is 2.56. The van der Waals surface area contributed by atoms with Crippen molar-refractivity contribution in [2.24, 2.45) is 11.7 Å². The van der Waals surface area contributed by atoms with Gasteiger partial charge in [0.25, 0.3) is 0 Å². The summed E-state index contributed by atoms with van der Waals surface area (Å²) in [5.41, 5.74) is 6.69. The van der Waals surface area contributed by atoms with Crippen LogP contribution < -0.4 is 5.73 Å². The van der Waals surface area contributed by atoms with Crippen LogP contribution in [0.25, 0.3) is 0 Å². The lowest BCUT2D eigenvalue weighted by Gasteiger charge is -2.20. The Hall–Kier alpha value is -0.760. The van der Waals surface area contributed by atoms with Crippen molar-refractivity contribution >= 4 is 0 Å². The van der Waals surface area contributed by atoms with E-state index in [2.05, 4.69) is 19.1 Å². The Morgan fingerprint density at radius 3 is 2.44 bits per heavy atom. The standard InChI is InChI=1S/C14H19NO/c1-9-8-10(9)11-2-3-12(16-11)13(4-5-13)14(15)6-7-14/h2-3,9-10H,4-8,15H2,1H3. The number of furan rings is 1. The summed E-state index contributed by atoms with van der Waals surface area (Å²) >= 11 is 0. The van der Waals surface area contributed by atoms with Crippen molar-refractivity contribution in [3.05, 3.63) is 23.7 Å². The summed E-state index contributed by atoms with van der Waals surface area (Å²) < 4.78 is 6.09. The van der Waals surface area contributed by atoms with Crippen LogP contribution >= 0.6 is 0 Å². The molecule has 0 aromatic carbocycles. The molecule has 0 spiro atoms. The predicted molar refractivity (Wildman–Crippen MR) is 62.3 cm³/mol. The molecule has 2 atom stereocenters. The molecule has 0 radical (unpaired) electrons. The number of rotatable bonds is 3. The molecule has 0 aliphatic heterocycles. The van der Waals surface area contributed by atoms with E-state index in [1.54, 1.807) is 0 Å². The fourth-order valence-electron chi connectivity index (χ4n) is 3.26. The van der Waals surface area contributed by atoms with Gasteiger partial charge < -0.3 is 10.2 Å². The van der Waals surface area contributed by atoms with E-state index >= 15 is 0 Å². The zero-order chi connectivity index (χ0) is 11.0. The Bertz CT molecular complexity index is 439. The van der Waals surface area contributed by atoms with Crippen molar-refractivity contribution < 1.29 is 4.42 Å². The first-order valence-corrected chi connectivity index (χ1v) is 6.54. The van der Waals surface area contributed by atoms with Gasteiger partial charge in [-0.1, -0.05) is 6.92 Å². The molecule has 1 aromatic rings. The molecule has 4 rings (SSSR count). The lowest BCUT2D eigenvalue weighted by Crippen LogP contribution is -2.36. The monoisotopic (exact) mass is 217 g/mol. The van der Waals surface area contributed by atoms with Gasteiger partial charge >= 0.3 is 0 Å². The van der Waals surface area contributed by atoms with Crippen molar-refractivity contribution in [3.63, 3.8) is 0 Å². The van der Waals surface area contributed by atoms with E-state index in [0.717, 1.165) is 5.92 Å². The van der Waals surface area contributed by atoms with Crippen LogP contribution in [0.5, 0.6) is 0 Å². The molecule has 2 unspecified atom stereocenters. The Balaban J connectivity index is 1.66. The molecule has 0 amide bonds. The summed E-state index contributed by atoms with van der Waals surface area (Å²) in [6, 6.07) is 4.38. The van der Waals surface area contributed by atoms with E-state index in [4.69, 9.17) is 10.2 Å². The van der Waals surface area contributed by atoms with Gasteiger partial charge in [0, 0.05) is 16.9 Å². The summed E-state index contributed by atoms with van der Waals surface area (Å²) in [7, 11) is 0. The van der Waals surface area contributed by atoms with Gasteiger partial charge in [0.05, 0.1) is 0 Å². The molecular weight excluding hydrogens is 198 g/mol. The molecule has 0 bridgehead atoms. The van der Waals surface area contributed by atoms with Crippen molar-refractivity contribution in [2.75, 3.05) is 0 Å². The van der Waals surface area contributed by atoms with Gasteiger partial charge in [-0.2, -0.15) is 0 Å². The number of hydrogen-bond acceptors (Lipinski definition) is 2. The van der Waals surface area contributed by atoms with E-state index in [-0.39, 0.29) is 11.0 Å². The Morgan fingerprint density at radius 2 is 1.94 bits per heavy atom. The van der Waals surface area contributed by atoms with Crippen LogP contribution in [-0.4, -0.2) is 5.54 Å². The van der Waals surface area contributed by atoms with Crippen LogP contribution in [0.1, 0.15) is 56.5 Å². The maximum atomic E-state index is 6.39. The topological polar surface area (TPSA) is 39.2 Å². The maximum Gasteiger partial charge on any atom is 0.112 e. The fourth-order valence-corrected chi connectivity index (χ4v) is 3.26. The summed E-state index contributed by atoms with van der Waals surface area (Å²) in [4.78, 5) is 0. The SMILES string of the molecule is CC1CC1c1ccc(C2(C3(N)CC3)CC2)o1.